The molecule has 1 atom stereocenters. The molecule has 1 aliphatic carbocycles. The number of pyridine rings is 1. The van der Waals surface area contributed by atoms with Crippen LogP contribution in [0, 0.1) is 0 Å². The lowest BCUT2D eigenvalue weighted by atomic mass is 9.90. The van der Waals surface area contributed by atoms with E-state index in [2.05, 4.69) is 15.2 Å². The van der Waals surface area contributed by atoms with E-state index >= 15 is 0 Å². The van der Waals surface area contributed by atoms with Crippen LogP contribution in [0.2, 0.25) is 0 Å². The fourth-order valence-corrected chi connectivity index (χ4v) is 3.60. The Kier molecular flexibility index (Phi) is 3.67. The Morgan fingerprint density at radius 3 is 2.78 bits per heavy atom. The molecule has 0 saturated carbocycles. The van der Waals surface area contributed by atoms with Gasteiger partial charge in [-0.05, 0) is 30.5 Å². The molecule has 0 radical (unpaired) electrons. The Bertz CT molecular complexity index is 848. The van der Waals surface area contributed by atoms with Gasteiger partial charge in [-0.1, -0.05) is 36.0 Å². The number of carbonyl (C=O) groups is 1. The van der Waals surface area contributed by atoms with Crippen LogP contribution >= 0.6 is 11.8 Å². The molecular formula is C17H13N3O2S. The SMILES string of the molecule is O=C1c2ccccc2CC[C@H]1Sc1nnc(-c2ccncc2)o1. The summed E-state index contributed by atoms with van der Waals surface area (Å²) in [5.74, 6) is 0.582. The Morgan fingerprint density at radius 2 is 1.91 bits per heavy atom. The number of carbonyl (C=O) groups excluding carboxylic acids is 1. The second-order valence-corrected chi connectivity index (χ2v) is 6.43. The maximum absolute atomic E-state index is 12.6. The zero-order chi connectivity index (χ0) is 15.6. The van der Waals surface area contributed by atoms with Gasteiger partial charge in [0.1, 0.15) is 0 Å². The first kappa shape index (κ1) is 14.1. The number of aryl methyl sites for hydroxylation is 1. The van der Waals surface area contributed by atoms with Gasteiger partial charge in [0.25, 0.3) is 5.22 Å². The van der Waals surface area contributed by atoms with Crippen LogP contribution in [0.25, 0.3) is 11.5 Å². The normalized spacial score (nSPS) is 17.0. The van der Waals surface area contributed by atoms with Crippen molar-refractivity contribution in [2.75, 3.05) is 0 Å². The van der Waals surface area contributed by atoms with E-state index < -0.39 is 0 Å². The van der Waals surface area contributed by atoms with Crippen LogP contribution in [-0.2, 0) is 6.42 Å². The molecule has 0 unspecified atom stereocenters. The molecule has 0 saturated heterocycles. The number of nitrogens with zero attached hydrogens (tertiary/aromatic N) is 3. The number of rotatable bonds is 3. The van der Waals surface area contributed by atoms with Crippen LogP contribution in [0.1, 0.15) is 22.3 Å². The lowest BCUT2D eigenvalue weighted by Gasteiger charge is -2.21. The molecule has 0 fully saturated rings. The standard InChI is InChI=1S/C17H13N3O2S/c21-15-13-4-2-1-3-11(13)5-6-14(15)23-17-20-19-16(22-17)12-7-9-18-10-8-12/h1-4,7-10,14H,5-6H2/t14-/m1/s1. The molecule has 6 heteroatoms. The minimum Gasteiger partial charge on any atom is -0.411 e. The first-order chi connectivity index (χ1) is 11.3. The molecule has 114 valence electrons. The molecule has 1 aliphatic rings. The van der Waals surface area contributed by atoms with Gasteiger partial charge >= 0.3 is 0 Å². The molecule has 0 spiro atoms. The van der Waals surface area contributed by atoms with Crippen molar-refractivity contribution in [3.05, 3.63) is 59.9 Å². The van der Waals surface area contributed by atoms with Crippen LogP contribution in [-0.4, -0.2) is 26.2 Å². The first-order valence-corrected chi connectivity index (χ1v) is 8.22. The van der Waals surface area contributed by atoms with Gasteiger partial charge < -0.3 is 4.42 Å². The van der Waals surface area contributed by atoms with Crippen molar-refractivity contribution in [2.45, 2.75) is 23.3 Å². The second kappa shape index (κ2) is 5.96. The van der Waals surface area contributed by atoms with Crippen molar-refractivity contribution in [2.24, 2.45) is 0 Å². The van der Waals surface area contributed by atoms with Crippen LogP contribution in [0.15, 0.2) is 58.4 Å². The first-order valence-electron chi connectivity index (χ1n) is 7.34. The minimum absolute atomic E-state index is 0.139. The number of hydrogen-bond acceptors (Lipinski definition) is 6. The predicted octanol–water partition coefficient (Wildman–Crippen LogP) is 3.42. The fourth-order valence-electron chi connectivity index (χ4n) is 2.67. The molecular weight excluding hydrogens is 310 g/mol. The van der Waals surface area contributed by atoms with Crippen LogP contribution in [0.4, 0.5) is 0 Å². The molecule has 0 bridgehead atoms. The maximum Gasteiger partial charge on any atom is 0.277 e. The molecule has 1 aromatic carbocycles. The lowest BCUT2D eigenvalue weighted by Crippen LogP contribution is -2.24. The van der Waals surface area contributed by atoms with Gasteiger partial charge in [-0.15, -0.1) is 10.2 Å². The van der Waals surface area contributed by atoms with E-state index in [0.29, 0.717) is 11.1 Å². The average molecular weight is 323 g/mol. The molecule has 2 aromatic heterocycles. The lowest BCUT2D eigenvalue weighted by molar-refractivity contribution is 0.0979. The Morgan fingerprint density at radius 1 is 1.09 bits per heavy atom. The predicted molar refractivity (Wildman–Crippen MR) is 86.3 cm³/mol. The number of hydrogen-bond donors (Lipinski definition) is 0. The Labute approximate surface area is 137 Å². The summed E-state index contributed by atoms with van der Waals surface area (Å²) in [6.07, 6.45) is 5.03. The van der Waals surface area contributed by atoms with Gasteiger partial charge in [-0.25, -0.2) is 0 Å². The van der Waals surface area contributed by atoms with E-state index in [1.54, 1.807) is 12.4 Å². The van der Waals surface area contributed by atoms with E-state index in [1.165, 1.54) is 11.8 Å². The van der Waals surface area contributed by atoms with Crippen molar-refractivity contribution in [1.82, 2.24) is 15.2 Å². The van der Waals surface area contributed by atoms with E-state index in [1.807, 2.05) is 36.4 Å². The maximum atomic E-state index is 12.6. The molecule has 0 N–H and O–H groups in total. The van der Waals surface area contributed by atoms with Crippen molar-refractivity contribution in [3.63, 3.8) is 0 Å². The van der Waals surface area contributed by atoms with E-state index in [9.17, 15) is 4.79 Å². The van der Waals surface area contributed by atoms with E-state index in [0.717, 1.165) is 29.5 Å². The third kappa shape index (κ3) is 2.77. The summed E-state index contributed by atoms with van der Waals surface area (Å²) in [4.78, 5) is 16.5. The van der Waals surface area contributed by atoms with Crippen LogP contribution in [0.5, 0.6) is 0 Å². The molecule has 4 rings (SSSR count). The highest BCUT2D eigenvalue weighted by atomic mass is 32.2. The number of benzene rings is 1. The van der Waals surface area contributed by atoms with Gasteiger partial charge in [0.2, 0.25) is 5.89 Å². The van der Waals surface area contributed by atoms with Gasteiger partial charge in [-0.3, -0.25) is 9.78 Å². The highest BCUT2D eigenvalue weighted by Crippen LogP contribution is 2.33. The van der Waals surface area contributed by atoms with E-state index in [-0.39, 0.29) is 11.0 Å². The number of Topliss-reactive ketones (excluding diaryl/α,β-unsaturated/α-hetero) is 1. The zero-order valence-electron chi connectivity index (χ0n) is 12.2. The summed E-state index contributed by atoms with van der Waals surface area (Å²) in [7, 11) is 0. The average Bonchev–Trinajstić information content (AvgIpc) is 3.07. The smallest absolute Gasteiger partial charge is 0.277 e. The van der Waals surface area contributed by atoms with Gasteiger partial charge in [0.05, 0.1) is 5.25 Å². The number of fused-ring (bicyclic) bond motifs is 1. The van der Waals surface area contributed by atoms with Crippen molar-refractivity contribution >= 4 is 17.5 Å². The van der Waals surface area contributed by atoms with Crippen molar-refractivity contribution in [1.29, 1.82) is 0 Å². The van der Waals surface area contributed by atoms with Crippen molar-refractivity contribution < 1.29 is 9.21 Å². The quantitative estimate of drug-likeness (QED) is 0.735. The largest absolute Gasteiger partial charge is 0.411 e. The van der Waals surface area contributed by atoms with Gasteiger partial charge in [0.15, 0.2) is 5.78 Å². The number of ketones is 1. The molecule has 0 amide bonds. The summed E-state index contributed by atoms with van der Waals surface area (Å²) in [6.45, 7) is 0. The van der Waals surface area contributed by atoms with E-state index in [4.69, 9.17) is 4.42 Å². The van der Waals surface area contributed by atoms with Crippen molar-refractivity contribution in [3.8, 4) is 11.5 Å². The summed E-state index contributed by atoms with van der Waals surface area (Å²) < 4.78 is 5.67. The van der Waals surface area contributed by atoms with Crippen LogP contribution < -0.4 is 0 Å². The summed E-state index contributed by atoms with van der Waals surface area (Å²) in [5.41, 5.74) is 2.75. The highest BCUT2D eigenvalue weighted by Gasteiger charge is 2.29. The molecule has 0 aliphatic heterocycles. The monoisotopic (exact) mass is 323 g/mol. The zero-order valence-corrected chi connectivity index (χ0v) is 13.0. The van der Waals surface area contributed by atoms with Crippen LogP contribution in [0.3, 0.4) is 0 Å². The molecule has 23 heavy (non-hydrogen) atoms. The molecule has 5 nitrogen and oxygen atoms in total. The Hall–Kier alpha value is -2.47. The second-order valence-electron chi connectivity index (χ2n) is 5.28. The Balaban J connectivity index is 1.54. The number of thioether (sulfide) groups is 1. The minimum atomic E-state index is -0.171. The third-order valence-electron chi connectivity index (χ3n) is 3.83. The summed E-state index contributed by atoms with van der Waals surface area (Å²) >= 11 is 1.35. The topological polar surface area (TPSA) is 68.9 Å². The van der Waals surface area contributed by atoms with Gasteiger partial charge in [0, 0.05) is 23.5 Å². The molecule has 2 heterocycles. The molecule has 3 aromatic rings. The summed E-state index contributed by atoms with van der Waals surface area (Å²) in [5, 5.41) is 8.35. The highest BCUT2D eigenvalue weighted by molar-refractivity contribution is 8.00. The fraction of sp³-hybridized carbons (Fsp3) is 0.176. The summed E-state index contributed by atoms with van der Waals surface area (Å²) in [6, 6.07) is 11.4. The number of aromatic nitrogens is 3. The van der Waals surface area contributed by atoms with Gasteiger partial charge in [-0.2, -0.15) is 0 Å². The third-order valence-corrected chi connectivity index (χ3v) is 4.93.